The molecule has 0 spiro atoms. The first kappa shape index (κ1) is 21.4. The van der Waals surface area contributed by atoms with Gasteiger partial charge in [-0.1, -0.05) is 42.5 Å². The Kier molecular flexibility index (Phi) is 5.96. The Morgan fingerprint density at radius 3 is 2.42 bits per heavy atom. The number of rotatable bonds is 6. The molecule has 1 unspecified atom stereocenters. The molecule has 1 aliphatic carbocycles. The Balaban J connectivity index is 1.28. The number of carbonyl (C=O) groups is 2. The first-order chi connectivity index (χ1) is 16.1. The van der Waals surface area contributed by atoms with Gasteiger partial charge in [-0.15, -0.1) is 0 Å². The van der Waals surface area contributed by atoms with Crippen LogP contribution in [0.1, 0.15) is 30.1 Å². The van der Waals surface area contributed by atoms with Crippen LogP contribution in [-0.2, 0) is 4.79 Å². The summed E-state index contributed by atoms with van der Waals surface area (Å²) in [7, 11) is 0. The fourth-order valence-electron chi connectivity index (χ4n) is 4.19. The number of hydrogen-bond acceptors (Lipinski definition) is 5. The molecular formula is C26H28N4O3. The Labute approximate surface area is 193 Å². The molecule has 2 aromatic carbocycles. The van der Waals surface area contributed by atoms with E-state index in [4.69, 9.17) is 4.42 Å². The van der Waals surface area contributed by atoms with Crippen molar-refractivity contribution in [1.82, 2.24) is 20.1 Å². The summed E-state index contributed by atoms with van der Waals surface area (Å²) in [6, 6.07) is 17.4. The molecule has 1 aromatic heterocycles. The van der Waals surface area contributed by atoms with Gasteiger partial charge in [-0.25, -0.2) is 4.98 Å². The maximum atomic E-state index is 13.4. The largest absolute Gasteiger partial charge is 0.436 e. The van der Waals surface area contributed by atoms with Crippen molar-refractivity contribution in [1.29, 1.82) is 0 Å². The number of hydrogen-bond donors (Lipinski definition) is 1. The number of nitrogens with one attached hydrogen (secondary N) is 1. The van der Waals surface area contributed by atoms with Gasteiger partial charge >= 0.3 is 0 Å². The van der Waals surface area contributed by atoms with Gasteiger partial charge in [0.15, 0.2) is 5.76 Å². The quantitative estimate of drug-likeness (QED) is 0.630. The molecule has 0 bridgehead atoms. The number of benzene rings is 2. The fourth-order valence-corrected chi connectivity index (χ4v) is 4.19. The normalized spacial score (nSPS) is 17.5. The van der Waals surface area contributed by atoms with Crippen molar-refractivity contribution < 1.29 is 14.0 Å². The first-order valence-electron chi connectivity index (χ1n) is 11.5. The van der Waals surface area contributed by atoms with E-state index in [0.29, 0.717) is 55.0 Å². The van der Waals surface area contributed by atoms with E-state index in [-0.39, 0.29) is 17.9 Å². The van der Waals surface area contributed by atoms with Gasteiger partial charge in [-0.2, -0.15) is 0 Å². The molecule has 0 radical (unpaired) electrons. The standard InChI is InChI=1S/C26H28N4O3/c1-18(24(31)28-20-11-12-20)29-13-15-30(16-14-29)26(32)22-10-6-5-9-21(22)25-27-17-23(33-25)19-7-3-2-4-8-19/h2-10,17-18,20H,11-16H2,1H3,(H,28,31). The zero-order chi connectivity index (χ0) is 22.8. The average Bonchev–Trinajstić information content (AvgIpc) is 3.55. The molecular weight excluding hydrogens is 416 g/mol. The molecule has 7 nitrogen and oxygen atoms in total. The lowest BCUT2D eigenvalue weighted by Gasteiger charge is -2.37. The predicted molar refractivity (Wildman–Crippen MR) is 125 cm³/mol. The van der Waals surface area contributed by atoms with Gasteiger partial charge in [-0.05, 0) is 31.9 Å². The summed E-state index contributed by atoms with van der Waals surface area (Å²) in [6.45, 7) is 4.44. The Morgan fingerprint density at radius 1 is 1.00 bits per heavy atom. The van der Waals surface area contributed by atoms with Crippen LogP contribution in [0.4, 0.5) is 0 Å². The summed E-state index contributed by atoms with van der Waals surface area (Å²) >= 11 is 0. The van der Waals surface area contributed by atoms with E-state index < -0.39 is 0 Å². The number of carbonyl (C=O) groups excluding carboxylic acids is 2. The van der Waals surface area contributed by atoms with Gasteiger partial charge in [0, 0.05) is 43.3 Å². The van der Waals surface area contributed by atoms with Crippen LogP contribution in [0.5, 0.6) is 0 Å². The number of oxazole rings is 1. The van der Waals surface area contributed by atoms with Gasteiger partial charge in [0.1, 0.15) is 0 Å². The highest BCUT2D eigenvalue weighted by atomic mass is 16.4. The second kappa shape index (κ2) is 9.19. The minimum absolute atomic E-state index is 0.0419. The van der Waals surface area contributed by atoms with Crippen molar-refractivity contribution in [2.45, 2.75) is 31.8 Å². The van der Waals surface area contributed by atoms with Crippen molar-refractivity contribution in [2.24, 2.45) is 0 Å². The van der Waals surface area contributed by atoms with Crippen LogP contribution >= 0.6 is 0 Å². The molecule has 1 aliphatic heterocycles. The van der Waals surface area contributed by atoms with Crippen LogP contribution in [0.15, 0.2) is 65.2 Å². The molecule has 7 heteroatoms. The summed E-state index contributed by atoms with van der Waals surface area (Å²) in [4.78, 5) is 34.2. The lowest BCUT2D eigenvalue weighted by atomic mass is 10.1. The Morgan fingerprint density at radius 2 is 1.70 bits per heavy atom. The first-order valence-corrected chi connectivity index (χ1v) is 11.5. The predicted octanol–water partition coefficient (Wildman–Crippen LogP) is 3.43. The molecule has 2 amide bonds. The lowest BCUT2D eigenvalue weighted by molar-refractivity contribution is -0.126. The topological polar surface area (TPSA) is 78.7 Å². The lowest BCUT2D eigenvalue weighted by Crippen LogP contribution is -2.55. The highest BCUT2D eigenvalue weighted by Gasteiger charge is 2.31. The van der Waals surface area contributed by atoms with Gasteiger partial charge in [0.05, 0.1) is 17.8 Å². The number of amides is 2. The summed E-state index contributed by atoms with van der Waals surface area (Å²) < 4.78 is 6.01. The molecule has 33 heavy (non-hydrogen) atoms. The third kappa shape index (κ3) is 4.68. The van der Waals surface area contributed by atoms with Gasteiger partial charge in [0.25, 0.3) is 5.91 Å². The van der Waals surface area contributed by atoms with E-state index in [1.165, 1.54) is 0 Å². The van der Waals surface area contributed by atoms with Crippen LogP contribution < -0.4 is 5.32 Å². The van der Waals surface area contributed by atoms with Crippen LogP contribution in [0, 0.1) is 0 Å². The Hall–Kier alpha value is -3.45. The second-order valence-electron chi connectivity index (χ2n) is 8.73. The van der Waals surface area contributed by atoms with E-state index in [1.54, 1.807) is 6.20 Å². The number of piperazine rings is 1. The molecule has 5 rings (SSSR count). The van der Waals surface area contributed by atoms with Crippen molar-refractivity contribution >= 4 is 11.8 Å². The average molecular weight is 445 g/mol. The molecule has 1 N–H and O–H groups in total. The summed E-state index contributed by atoms with van der Waals surface area (Å²) in [6.07, 6.45) is 3.85. The smallest absolute Gasteiger partial charge is 0.254 e. The highest BCUT2D eigenvalue weighted by Crippen LogP contribution is 2.29. The molecule has 1 atom stereocenters. The van der Waals surface area contributed by atoms with Crippen molar-refractivity contribution in [2.75, 3.05) is 26.2 Å². The SMILES string of the molecule is CC(C(=O)NC1CC1)N1CCN(C(=O)c2ccccc2-c2ncc(-c3ccccc3)o2)CC1. The van der Waals surface area contributed by atoms with Gasteiger partial charge in [0.2, 0.25) is 11.8 Å². The zero-order valence-electron chi connectivity index (χ0n) is 18.7. The van der Waals surface area contributed by atoms with Crippen LogP contribution in [0.3, 0.4) is 0 Å². The third-order valence-corrected chi connectivity index (χ3v) is 6.40. The highest BCUT2D eigenvalue weighted by molar-refractivity contribution is 6.00. The maximum absolute atomic E-state index is 13.4. The molecule has 1 saturated heterocycles. The molecule has 2 heterocycles. The van der Waals surface area contributed by atoms with Crippen molar-refractivity contribution in [3.05, 3.63) is 66.4 Å². The molecule has 3 aromatic rings. The molecule has 2 fully saturated rings. The van der Waals surface area contributed by atoms with Crippen molar-refractivity contribution in [3.8, 4) is 22.8 Å². The van der Waals surface area contributed by atoms with Crippen LogP contribution in [-0.4, -0.2) is 64.9 Å². The van der Waals surface area contributed by atoms with Gasteiger partial charge in [-0.3, -0.25) is 14.5 Å². The van der Waals surface area contributed by atoms with Crippen molar-refractivity contribution in [3.63, 3.8) is 0 Å². The van der Waals surface area contributed by atoms with E-state index in [0.717, 1.165) is 18.4 Å². The fraction of sp³-hybridized carbons (Fsp3) is 0.346. The van der Waals surface area contributed by atoms with Crippen LogP contribution in [0.25, 0.3) is 22.8 Å². The zero-order valence-corrected chi connectivity index (χ0v) is 18.7. The van der Waals surface area contributed by atoms with E-state index >= 15 is 0 Å². The van der Waals surface area contributed by atoms with E-state index in [2.05, 4.69) is 15.2 Å². The van der Waals surface area contributed by atoms with E-state index in [1.807, 2.05) is 66.4 Å². The maximum Gasteiger partial charge on any atom is 0.254 e. The number of nitrogens with zero attached hydrogens (tertiary/aromatic N) is 3. The monoisotopic (exact) mass is 444 g/mol. The summed E-state index contributed by atoms with van der Waals surface area (Å²) in [5, 5.41) is 3.07. The minimum Gasteiger partial charge on any atom is -0.436 e. The van der Waals surface area contributed by atoms with Gasteiger partial charge < -0.3 is 14.6 Å². The third-order valence-electron chi connectivity index (χ3n) is 6.40. The number of aromatic nitrogens is 1. The van der Waals surface area contributed by atoms with E-state index in [9.17, 15) is 9.59 Å². The summed E-state index contributed by atoms with van der Waals surface area (Å²) in [5.74, 6) is 1.14. The summed E-state index contributed by atoms with van der Waals surface area (Å²) in [5.41, 5.74) is 2.20. The minimum atomic E-state index is -0.182. The molecule has 2 aliphatic rings. The Bertz CT molecular complexity index is 1130. The molecule has 1 saturated carbocycles. The van der Waals surface area contributed by atoms with Crippen LogP contribution in [0.2, 0.25) is 0 Å². The second-order valence-corrected chi connectivity index (χ2v) is 8.73. The molecule has 170 valence electrons.